The number of likely N-dealkylation sites (tertiary alicyclic amines) is 1. The van der Waals surface area contributed by atoms with Gasteiger partial charge < -0.3 is 10.2 Å². The molecule has 0 bridgehead atoms. The first-order chi connectivity index (χ1) is 7.31. The van der Waals surface area contributed by atoms with Crippen molar-refractivity contribution in [2.45, 2.75) is 37.0 Å². The van der Waals surface area contributed by atoms with Crippen LogP contribution in [0.15, 0.2) is 0 Å². The Hall–Kier alpha value is -0.220. The van der Waals surface area contributed by atoms with E-state index in [1.165, 1.54) is 18.6 Å². The maximum Gasteiger partial charge on any atom is 0.235 e. The number of carbonyl (C=O) groups excluding carboxylic acids is 1. The van der Waals surface area contributed by atoms with Crippen LogP contribution in [0.1, 0.15) is 25.7 Å². The second kappa shape index (κ2) is 5.21. The molecule has 0 aromatic carbocycles. The van der Waals surface area contributed by atoms with Crippen LogP contribution in [0.3, 0.4) is 0 Å². The number of nitrogens with zero attached hydrogens (tertiary/aromatic N) is 1. The van der Waals surface area contributed by atoms with Crippen LogP contribution in [0.4, 0.5) is 0 Å². The van der Waals surface area contributed by atoms with Gasteiger partial charge in [-0.25, -0.2) is 0 Å². The molecule has 2 aliphatic rings. The molecule has 2 fully saturated rings. The van der Waals surface area contributed by atoms with Gasteiger partial charge in [0, 0.05) is 19.1 Å². The van der Waals surface area contributed by atoms with Crippen molar-refractivity contribution >= 4 is 17.7 Å². The predicted octanol–water partition coefficient (Wildman–Crippen LogP) is 1.09. The van der Waals surface area contributed by atoms with Gasteiger partial charge >= 0.3 is 0 Å². The lowest BCUT2D eigenvalue weighted by molar-refractivity contribution is -0.129. The Labute approximate surface area is 96.0 Å². The van der Waals surface area contributed by atoms with E-state index in [-0.39, 0.29) is 5.25 Å². The molecule has 0 radical (unpaired) electrons. The van der Waals surface area contributed by atoms with Gasteiger partial charge in [0.2, 0.25) is 5.91 Å². The minimum Gasteiger partial charge on any atom is -0.340 e. The SMILES string of the molecule is CNC1CCN(C(=O)C2CCCCS2)C1. The molecule has 2 atom stereocenters. The molecule has 2 aliphatic heterocycles. The van der Waals surface area contributed by atoms with Crippen LogP contribution in [0, 0.1) is 0 Å². The monoisotopic (exact) mass is 228 g/mol. The highest BCUT2D eigenvalue weighted by atomic mass is 32.2. The minimum absolute atomic E-state index is 0.259. The highest BCUT2D eigenvalue weighted by Gasteiger charge is 2.31. The molecular weight excluding hydrogens is 208 g/mol. The molecule has 0 aromatic heterocycles. The number of hydrogen-bond acceptors (Lipinski definition) is 3. The molecule has 3 nitrogen and oxygen atoms in total. The molecule has 0 spiro atoms. The van der Waals surface area contributed by atoms with Crippen molar-refractivity contribution in [2.24, 2.45) is 0 Å². The third kappa shape index (κ3) is 2.67. The molecule has 1 amide bonds. The van der Waals surface area contributed by atoms with Gasteiger partial charge in [0.05, 0.1) is 5.25 Å². The zero-order valence-corrected chi connectivity index (χ0v) is 10.2. The van der Waals surface area contributed by atoms with Crippen molar-refractivity contribution in [2.75, 3.05) is 25.9 Å². The lowest BCUT2D eigenvalue weighted by atomic mass is 10.2. The fourth-order valence-electron chi connectivity index (χ4n) is 2.34. The van der Waals surface area contributed by atoms with Crippen LogP contribution >= 0.6 is 11.8 Å². The van der Waals surface area contributed by atoms with Crippen LogP contribution < -0.4 is 5.32 Å². The van der Waals surface area contributed by atoms with E-state index < -0.39 is 0 Å². The molecule has 0 aliphatic carbocycles. The molecule has 2 unspecified atom stereocenters. The Bertz CT molecular complexity index is 229. The number of likely N-dealkylation sites (N-methyl/N-ethyl adjacent to an activating group) is 1. The van der Waals surface area contributed by atoms with Crippen molar-refractivity contribution in [1.29, 1.82) is 0 Å². The van der Waals surface area contributed by atoms with Crippen LogP contribution in [0.5, 0.6) is 0 Å². The summed E-state index contributed by atoms with van der Waals surface area (Å²) in [5, 5.41) is 3.51. The average Bonchev–Trinajstić information content (AvgIpc) is 2.78. The van der Waals surface area contributed by atoms with Crippen molar-refractivity contribution < 1.29 is 4.79 Å². The van der Waals surface area contributed by atoms with E-state index in [0.717, 1.165) is 25.9 Å². The van der Waals surface area contributed by atoms with E-state index in [0.29, 0.717) is 11.9 Å². The van der Waals surface area contributed by atoms with E-state index in [9.17, 15) is 4.79 Å². The summed E-state index contributed by atoms with van der Waals surface area (Å²) < 4.78 is 0. The van der Waals surface area contributed by atoms with E-state index in [2.05, 4.69) is 5.32 Å². The van der Waals surface area contributed by atoms with Crippen LogP contribution in [-0.2, 0) is 4.79 Å². The largest absolute Gasteiger partial charge is 0.340 e. The highest BCUT2D eigenvalue weighted by Crippen LogP contribution is 2.27. The third-order valence-corrected chi connectivity index (χ3v) is 4.73. The first-order valence-electron chi connectivity index (χ1n) is 5.89. The zero-order chi connectivity index (χ0) is 10.7. The van der Waals surface area contributed by atoms with Gasteiger partial charge in [-0.15, -0.1) is 11.8 Å². The second-order valence-electron chi connectivity index (χ2n) is 4.41. The molecule has 2 rings (SSSR count). The van der Waals surface area contributed by atoms with Crippen molar-refractivity contribution in [3.05, 3.63) is 0 Å². The van der Waals surface area contributed by atoms with Gasteiger partial charge in [-0.1, -0.05) is 6.42 Å². The maximum atomic E-state index is 12.1. The molecule has 0 aromatic rings. The van der Waals surface area contributed by atoms with E-state index >= 15 is 0 Å². The lowest BCUT2D eigenvalue weighted by Crippen LogP contribution is -2.39. The number of hydrogen-bond donors (Lipinski definition) is 1. The molecule has 0 saturated carbocycles. The topological polar surface area (TPSA) is 32.3 Å². The summed E-state index contributed by atoms with van der Waals surface area (Å²) in [5.74, 6) is 1.55. The summed E-state index contributed by atoms with van der Waals surface area (Å²) in [6.07, 6.45) is 4.71. The summed E-state index contributed by atoms with van der Waals surface area (Å²) in [6.45, 7) is 1.85. The van der Waals surface area contributed by atoms with Crippen molar-refractivity contribution in [1.82, 2.24) is 10.2 Å². The Morgan fingerprint density at radius 3 is 2.87 bits per heavy atom. The van der Waals surface area contributed by atoms with Crippen LogP contribution in [-0.4, -0.2) is 48.0 Å². The zero-order valence-electron chi connectivity index (χ0n) is 9.37. The number of rotatable bonds is 2. The van der Waals surface area contributed by atoms with Gasteiger partial charge in [-0.05, 0) is 32.1 Å². The number of amides is 1. The van der Waals surface area contributed by atoms with Gasteiger partial charge in [-0.3, -0.25) is 4.79 Å². The summed E-state index contributed by atoms with van der Waals surface area (Å²) in [5.41, 5.74) is 0. The quantitative estimate of drug-likeness (QED) is 0.768. The number of thioether (sulfide) groups is 1. The molecule has 2 heterocycles. The minimum atomic E-state index is 0.259. The van der Waals surface area contributed by atoms with Gasteiger partial charge in [-0.2, -0.15) is 0 Å². The van der Waals surface area contributed by atoms with Crippen LogP contribution in [0.2, 0.25) is 0 Å². The predicted molar refractivity (Wildman–Crippen MR) is 64.1 cm³/mol. The van der Waals surface area contributed by atoms with Crippen molar-refractivity contribution in [3.8, 4) is 0 Å². The Balaban J connectivity index is 1.85. The van der Waals surface area contributed by atoms with E-state index in [4.69, 9.17) is 0 Å². The molecule has 1 N–H and O–H groups in total. The van der Waals surface area contributed by atoms with Crippen LogP contribution in [0.25, 0.3) is 0 Å². The second-order valence-corrected chi connectivity index (χ2v) is 5.72. The Morgan fingerprint density at radius 2 is 2.27 bits per heavy atom. The Morgan fingerprint density at radius 1 is 1.40 bits per heavy atom. The fraction of sp³-hybridized carbons (Fsp3) is 0.909. The van der Waals surface area contributed by atoms with Gasteiger partial charge in [0.15, 0.2) is 0 Å². The molecule has 15 heavy (non-hydrogen) atoms. The third-order valence-electron chi connectivity index (χ3n) is 3.36. The maximum absolute atomic E-state index is 12.1. The molecule has 2 saturated heterocycles. The number of carbonyl (C=O) groups is 1. The van der Waals surface area contributed by atoms with Gasteiger partial charge in [0.25, 0.3) is 0 Å². The number of nitrogens with one attached hydrogen (secondary N) is 1. The first kappa shape index (κ1) is 11.3. The van der Waals surface area contributed by atoms with Crippen molar-refractivity contribution in [3.63, 3.8) is 0 Å². The first-order valence-corrected chi connectivity index (χ1v) is 6.94. The summed E-state index contributed by atoms with van der Waals surface area (Å²) >= 11 is 1.86. The van der Waals surface area contributed by atoms with E-state index in [1.54, 1.807) is 0 Å². The summed E-state index contributed by atoms with van der Waals surface area (Å²) in [6, 6.07) is 0.516. The summed E-state index contributed by atoms with van der Waals surface area (Å²) in [4.78, 5) is 14.2. The molecular formula is C11H20N2OS. The molecule has 4 heteroatoms. The highest BCUT2D eigenvalue weighted by molar-refractivity contribution is 8.00. The normalized spacial score (nSPS) is 31.9. The van der Waals surface area contributed by atoms with Gasteiger partial charge in [0.1, 0.15) is 0 Å². The Kier molecular flexibility index (Phi) is 3.92. The lowest BCUT2D eigenvalue weighted by Gasteiger charge is -2.25. The smallest absolute Gasteiger partial charge is 0.235 e. The fourth-order valence-corrected chi connectivity index (χ4v) is 3.62. The average molecular weight is 228 g/mol. The standard InChI is InChI=1S/C11H20N2OS/c1-12-9-5-6-13(8-9)11(14)10-4-2-3-7-15-10/h9-10,12H,2-8H2,1H3. The van der Waals surface area contributed by atoms with E-state index in [1.807, 2.05) is 23.7 Å². The summed E-state index contributed by atoms with van der Waals surface area (Å²) in [7, 11) is 1.98. The molecule has 86 valence electrons.